The Bertz CT molecular complexity index is 260. The van der Waals surface area contributed by atoms with Crippen molar-refractivity contribution in [3.8, 4) is 0 Å². The van der Waals surface area contributed by atoms with E-state index in [1.165, 1.54) is 16.9 Å². The predicted molar refractivity (Wildman–Crippen MR) is 54.8 cm³/mol. The summed E-state index contributed by atoms with van der Waals surface area (Å²) in [5, 5.41) is 0. The molecule has 2 nitrogen and oxygen atoms in total. The van der Waals surface area contributed by atoms with Crippen LogP contribution in [-0.2, 0) is 21.8 Å². The lowest BCUT2D eigenvalue weighted by molar-refractivity contribution is -0.281. The van der Waals surface area contributed by atoms with E-state index in [4.69, 9.17) is 4.89 Å². The molecular formula is C10H16O2S. The fourth-order valence-electron chi connectivity index (χ4n) is 0.976. The molecular weight excluding hydrogens is 184 g/mol. The van der Waals surface area contributed by atoms with Gasteiger partial charge in [0.15, 0.2) is 0 Å². The first-order chi connectivity index (χ1) is 6.04. The third-order valence-electron chi connectivity index (χ3n) is 1.72. The Balaban J connectivity index is 2.64. The van der Waals surface area contributed by atoms with Crippen LogP contribution in [0.5, 0.6) is 0 Å². The van der Waals surface area contributed by atoms with Crippen molar-refractivity contribution in [2.75, 3.05) is 7.11 Å². The Morgan fingerprint density at radius 1 is 1.31 bits per heavy atom. The van der Waals surface area contributed by atoms with Crippen LogP contribution in [-0.4, -0.2) is 7.11 Å². The van der Waals surface area contributed by atoms with Gasteiger partial charge in [0.2, 0.25) is 0 Å². The molecule has 0 saturated carbocycles. The average Bonchev–Trinajstić information content (AvgIpc) is 2.47. The number of hydrogen-bond donors (Lipinski definition) is 0. The zero-order valence-electron chi connectivity index (χ0n) is 8.59. The quantitative estimate of drug-likeness (QED) is 0.551. The molecule has 0 aliphatic carbocycles. The van der Waals surface area contributed by atoms with Gasteiger partial charge in [-0.05, 0) is 17.5 Å². The van der Waals surface area contributed by atoms with Crippen LogP contribution in [0.3, 0.4) is 0 Å². The van der Waals surface area contributed by atoms with Crippen LogP contribution in [0.1, 0.15) is 30.5 Å². The van der Waals surface area contributed by atoms with E-state index in [1.807, 2.05) is 0 Å². The average molecular weight is 200 g/mol. The largest absolute Gasteiger partial charge is 0.240 e. The first kappa shape index (κ1) is 10.7. The number of hydrogen-bond acceptors (Lipinski definition) is 3. The summed E-state index contributed by atoms with van der Waals surface area (Å²) < 4.78 is 0. The summed E-state index contributed by atoms with van der Waals surface area (Å²) in [6.45, 7) is 7.16. The molecule has 1 aromatic heterocycles. The lowest BCUT2D eigenvalue weighted by Crippen LogP contribution is -2.07. The van der Waals surface area contributed by atoms with Gasteiger partial charge in [0.25, 0.3) is 0 Å². The van der Waals surface area contributed by atoms with E-state index in [0.717, 1.165) is 0 Å². The van der Waals surface area contributed by atoms with Gasteiger partial charge >= 0.3 is 0 Å². The third-order valence-corrected chi connectivity index (χ3v) is 3.20. The molecule has 0 aliphatic rings. The van der Waals surface area contributed by atoms with E-state index in [9.17, 15) is 0 Å². The van der Waals surface area contributed by atoms with Crippen molar-refractivity contribution in [1.29, 1.82) is 0 Å². The summed E-state index contributed by atoms with van der Waals surface area (Å²) in [5.41, 5.74) is 0.232. The van der Waals surface area contributed by atoms with Crippen LogP contribution in [0, 0.1) is 0 Å². The van der Waals surface area contributed by atoms with Gasteiger partial charge in [-0.1, -0.05) is 20.8 Å². The molecule has 74 valence electrons. The number of rotatable bonds is 3. The van der Waals surface area contributed by atoms with E-state index < -0.39 is 0 Å². The zero-order valence-corrected chi connectivity index (χ0v) is 9.40. The third kappa shape index (κ3) is 3.10. The predicted octanol–water partition coefficient (Wildman–Crippen LogP) is 3.12. The molecule has 0 aromatic carbocycles. The van der Waals surface area contributed by atoms with Crippen molar-refractivity contribution < 1.29 is 9.78 Å². The van der Waals surface area contributed by atoms with Crippen molar-refractivity contribution in [3.63, 3.8) is 0 Å². The summed E-state index contributed by atoms with van der Waals surface area (Å²) in [6.07, 6.45) is 0. The van der Waals surface area contributed by atoms with Crippen LogP contribution in [0.15, 0.2) is 12.1 Å². The van der Waals surface area contributed by atoms with Crippen molar-refractivity contribution >= 4 is 11.3 Å². The maximum Gasteiger partial charge on any atom is 0.116 e. The molecule has 3 heteroatoms. The van der Waals surface area contributed by atoms with Gasteiger partial charge in [-0.2, -0.15) is 0 Å². The van der Waals surface area contributed by atoms with Gasteiger partial charge in [-0.15, -0.1) is 11.3 Å². The fourth-order valence-corrected chi connectivity index (χ4v) is 1.94. The van der Waals surface area contributed by atoms with Crippen LogP contribution in [0.4, 0.5) is 0 Å². The fraction of sp³-hybridized carbons (Fsp3) is 0.600. The monoisotopic (exact) mass is 200 g/mol. The second kappa shape index (κ2) is 4.22. The highest BCUT2D eigenvalue weighted by atomic mass is 32.1. The summed E-state index contributed by atoms with van der Waals surface area (Å²) in [6, 6.07) is 4.24. The molecule has 0 saturated heterocycles. The van der Waals surface area contributed by atoms with Gasteiger partial charge in [-0.3, -0.25) is 0 Å². The Hall–Kier alpha value is -0.380. The topological polar surface area (TPSA) is 18.5 Å². The van der Waals surface area contributed by atoms with Gasteiger partial charge in [-0.25, -0.2) is 9.78 Å². The molecule has 0 unspecified atom stereocenters. The SMILES string of the molecule is COOCc1ccc(C(C)(C)C)s1. The van der Waals surface area contributed by atoms with Crippen LogP contribution in [0.2, 0.25) is 0 Å². The molecule has 0 N–H and O–H groups in total. The van der Waals surface area contributed by atoms with E-state index in [2.05, 4.69) is 37.8 Å². The maximum atomic E-state index is 4.86. The highest BCUT2D eigenvalue weighted by Crippen LogP contribution is 2.29. The minimum atomic E-state index is 0.232. The Labute approximate surface area is 83.4 Å². The Morgan fingerprint density at radius 2 is 2.00 bits per heavy atom. The molecule has 13 heavy (non-hydrogen) atoms. The molecule has 0 amide bonds. The molecule has 1 rings (SSSR count). The lowest BCUT2D eigenvalue weighted by atomic mass is 9.95. The Kier molecular flexibility index (Phi) is 3.47. The second-order valence-electron chi connectivity index (χ2n) is 3.94. The molecule has 0 atom stereocenters. The van der Waals surface area contributed by atoms with Crippen molar-refractivity contribution in [1.82, 2.24) is 0 Å². The molecule has 0 bridgehead atoms. The van der Waals surface area contributed by atoms with Crippen LogP contribution < -0.4 is 0 Å². The maximum absolute atomic E-state index is 4.86. The molecule has 0 radical (unpaired) electrons. The minimum Gasteiger partial charge on any atom is -0.240 e. The normalized spacial score (nSPS) is 12.0. The summed E-state index contributed by atoms with van der Waals surface area (Å²) in [5.74, 6) is 0. The smallest absolute Gasteiger partial charge is 0.116 e. The standard InChI is InChI=1S/C10H16O2S/c1-10(2,3)9-6-5-8(13-9)7-12-11-4/h5-6H,7H2,1-4H3. The van der Waals surface area contributed by atoms with Crippen LogP contribution in [0.25, 0.3) is 0 Å². The van der Waals surface area contributed by atoms with Crippen molar-refractivity contribution in [2.24, 2.45) is 0 Å². The first-order valence-corrected chi connectivity index (χ1v) is 5.10. The summed E-state index contributed by atoms with van der Waals surface area (Å²) in [4.78, 5) is 12.0. The Morgan fingerprint density at radius 3 is 2.46 bits per heavy atom. The van der Waals surface area contributed by atoms with Gasteiger partial charge in [0.1, 0.15) is 6.61 Å². The molecule has 0 aliphatic heterocycles. The molecule has 0 fully saturated rings. The first-order valence-electron chi connectivity index (χ1n) is 4.29. The number of thiophene rings is 1. The lowest BCUT2D eigenvalue weighted by Gasteiger charge is -2.15. The molecule has 0 spiro atoms. The van der Waals surface area contributed by atoms with Crippen molar-refractivity contribution in [3.05, 3.63) is 21.9 Å². The summed E-state index contributed by atoms with van der Waals surface area (Å²) >= 11 is 1.77. The highest BCUT2D eigenvalue weighted by molar-refractivity contribution is 7.12. The van der Waals surface area contributed by atoms with E-state index in [0.29, 0.717) is 6.61 Å². The minimum absolute atomic E-state index is 0.232. The van der Waals surface area contributed by atoms with Gasteiger partial charge in [0.05, 0.1) is 7.11 Å². The van der Waals surface area contributed by atoms with Crippen molar-refractivity contribution in [2.45, 2.75) is 32.8 Å². The summed E-state index contributed by atoms with van der Waals surface area (Å²) in [7, 11) is 1.53. The highest BCUT2D eigenvalue weighted by Gasteiger charge is 2.15. The van der Waals surface area contributed by atoms with E-state index >= 15 is 0 Å². The van der Waals surface area contributed by atoms with E-state index in [-0.39, 0.29) is 5.41 Å². The second-order valence-corrected chi connectivity index (χ2v) is 5.11. The molecule has 1 aromatic rings. The van der Waals surface area contributed by atoms with Crippen LogP contribution >= 0.6 is 11.3 Å². The zero-order chi connectivity index (χ0) is 9.90. The van der Waals surface area contributed by atoms with Gasteiger partial charge < -0.3 is 0 Å². The molecule has 1 heterocycles. The van der Waals surface area contributed by atoms with E-state index in [1.54, 1.807) is 11.3 Å². The van der Waals surface area contributed by atoms with Gasteiger partial charge in [0, 0.05) is 9.75 Å².